The van der Waals surface area contributed by atoms with Crippen molar-refractivity contribution in [3.05, 3.63) is 46.6 Å². The number of rotatable bonds is 17. The van der Waals surface area contributed by atoms with Crippen molar-refractivity contribution in [2.75, 3.05) is 0 Å². The Labute approximate surface area is 215 Å². The van der Waals surface area contributed by atoms with Crippen LogP contribution in [-0.2, 0) is 0 Å². The van der Waals surface area contributed by atoms with Crippen LogP contribution in [0.25, 0.3) is 0 Å². The summed E-state index contributed by atoms with van der Waals surface area (Å²) in [5.74, 6) is 0. The van der Waals surface area contributed by atoms with E-state index in [1.807, 2.05) is 13.0 Å². The molecule has 0 aliphatic carbocycles. The molecule has 0 amide bonds. The van der Waals surface area contributed by atoms with Gasteiger partial charge >= 0.3 is 0 Å². The van der Waals surface area contributed by atoms with Crippen LogP contribution in [-0.4, -0.2) is 55.0 Å². The molecule has 5 N–H and O–H groups in total. The third-order valence-electron chi connectivity index (χ3n) is 6.60. The predicted molar refractivity (Wildman–Crippen MR) is 147 cm³/mol. The number of unbranched alkanes of at least 4 members (excludes halogenated alkanes) is 1. The van der Waals surface area contributed by atoms with Crippen LogP contribution >= 0.6 is 0 Å². The molecule has 0 aromatic carbocycles. The standard InChI is InChI=1S/C30H54O5/c1-22(15-11-16-24(3)19-20-27(32)29(5,6)34)13-9-10-14-23(2)17-12-18-25(4)26(31)21-28(33)30(7,8)35/h13-14,16,18,26-28,31-35H,9-12,15,17,19-21H2,1-8H3/b22-13-,23-14-,24-16-,25-18-. The van der Waals surface area contributed by atoms with Crippen molar-refractivity contribution in [1.82, 2.24) is 0 Å². The SMILES string of the molecule is C/C(=C/CC/C=C(/C)CC/C=C(/C)C(O)CC(O)C(C)(C)O)CC/C=C(/C)CCC(O)C(C)(C)O. The zero-order valence-electron chi connectivity index (χ0n) is 23.6. The Morgan fingerprint density at radius 2 is 1.00 bits per heavy atom. The average Bonchev–Trinajstić information content (AvgIpc) is 2.73. The summed E-state index contributed by atoms with van der Waals surface area (Å²) in [4.78, 5) is 0. The molecule has 5 heteroatoms. The lowest BCUT2D eigenvalue weighted by molar-refractivity contribution is -0.0640. The Hall–Kier alpha value is -1.24. The van der Waals surface area contributed by atoms with Gasteiger partial charge in [0.05, 0.1) is 29.5 Å². The van der Waals surface area contributed by atoms with Gasteiger partial charge in [0.2, 0.25) is 0 Å². The molecule has 5 nitrogen and oxygen atoms in total. The molecule has 204 valence electrons. The molecule has 0 radical (unpaired) electrons. The molecular formula is C30H54O5. The predicted octanol–water partition coefficient (Wildman–Crippen LogP) is 5.91. The van der Waals surface area contributed by atoms with Gasteiger partial charge in [-0.3, -0.25) is 0 Å². The second-order valence-electron chi connectivity index (χ2n) is 11.4. The Bertz CT molecular complexity index is 716. The van der Waals surface area contributed by atoms with Gasteiger partial charge in [-0.15, -0.1) is 0 Å². The summed E-state index contributed by atoms with van der Waals surface area (Å²) in [5.41, 5.74) is 2.54. The van der Waals surface area contributed by atoms with Gasteiger partial charge < -0.3 is 25.5 Å². The minimum atomic E-state index is -1.22. The second-order valence-corrected chi connectivity index (χ2v) is 11.4. The van der Waals surface area contributed by atoms with Crippen LogP contribution in [0.15, 0.2) is 46.6 Å². The molecule has 0 aliphatic heterocycles. The summed E-state index contributed by atoms with van der Waals surface area (Å²) in [6.07, 6.45) is 13.8. The van der Waals surface area contributed by atoms with Gasteiger partial charge in [0.25, 0.3) is 0 Å². The summed E-state index contributed by atoms with van der Waals surface area (Å²) in [5, 5.41) is 49.7. The molecule has 0 aromatic rings. The Balaban J connectivity index is 4.28. The fourth-order valence-corrected chi connectivity index (χ4v) is 3.58. The van der Waals surface area contributed by atoms with Gasteiger partial charge in [0.15, 0.2) is 0 Å². The largest absolute Gasteiger partial charge is 0.390 e. The molecule has 0 aromatic heterocycles. The monoisotopic (exact) mass is 494 g/mol. The number of aliphatic hydroxyl groups excluding tert-OH is 3. The summed E-state index contributed by atoms with van der Waals surface area (Å²) < 4.78 is 0. The van der Waals surface area contributed by atoms with Crippen LogP contribution in [0.1, 0.15) is 113 Å². The van der Waals surface area contributed by atoms with Crippen LogP contribution in [0.4, 0.5) is 0 Å². The van der Waals surface area contributed by atoms with Crippen molar-refractivity contribution >= 4 is 0 Å². The van der Waals surface area contributed by atoms with Crippen LogP contribution < -0.4 is 0 Å². The number of hydrogen-bond acceptors (Lipinski definition) is 5. The van der Waals surface area contributed by atoms with E-state index in [0.29, 0.717) is 6.42 Å². The molecule has 3 unspecified atom stereocenters. The van der Waals surface area contributed by atoms with Gasteiger partial charge in [0, 0.05) is 6.42 Å². The first-order valence-corrected chi connectivity index (χ1v) is 13.2. The third kappa shape index (κ3) is 17.0. The second kappa shape index (κ2) is 16.5. The van der Waals surface area contributed by atoms with Crippen molar-refractivity contribution in [2.45, 2.75) is 143 Å². The molecule has 3 atom stereocenters. The summed E-state index contributed by atoms with van der Waals surface area (Å²) >= 11 is 0. The molecule has 35 heavy (non-hydrogen) atoms. The first-order chi connectivity index (χ1) is 16.0. The Morgan fingerprint density at radius 1 is 0.600 bits per heavy atom. The maximum Gasteiger partial charge on any atom is 0.0850 e. The molecule has 0 rings (SSSR count). The fraction of sp³-hybridized carbons (Fsp3) is 0.733. The molecular weight excluding hydrogens is 440 g/mol. The summed E-state index contributed by atoms with van der Waals surface area (Å²) in [6, 6.07) is 0. The number of allylic oxidation sites excluding steroid dienone is 7. The van der Waals surface area contributed by atoms with Crippen molar-refractivity contribution in [3.63, 3.8) is 0 Å². The smallest absolute Gasteiger partial charge is 0.0850 e. The van der Waals surface area contributed by atoms with E-state index in [1.165, 1.54) is 16.7 Å². The normalized spacial score (nSPS) is 17.5. The molecule has 0 bridgehead atoms. The van der Waals surface area contributed by atoms with Crippen LogP contribution in [0.5, 0.6) is 0 Å². The molecule has 0 aliphatic rings. The average molecular weight is 495 g/mol. The van der Waals surface area contributed by atoms with Gasteiger partial charge in [-0.1, -0.05) is 41.0 Å². The van der Waals surface area contributed by atoms with Gasteiger partial charge in [0.1, 0.15) is 0 Å². The van der Waals surface area contributed by atoms with E-state index in [0.717, 1.165) is 50.5 Å². The highest BCUT2D eigenvalue weighted by Gasteiger charge is 2.27. The molecule has 0 saturated carbocycles. The summed E-state index contributed by atoms with van der Waals surface area (Å²) in [6.45, 7) is 14.6. The number of aliphatic hydroxyl groups is 5. The van der Waals surface area contributed by atoms with E-state index in [1.54, 1.807) is 27.7 Å². The van der Waals surface area contributed by atoms with Gasteiger partial charge in [-0.05, 0) is 112 Å². The molecule has 0 spiro atoms. The lowest BCUT2D eigenvalue weighted by atomic mass is 9.93. The summed E-state index contributed by atoms with van der Waals surface area (Å²) in [7, 11) is 0. The highest BCUT2D eigenvalue weighted by Crippen LogP contribution is 2.19. The van der Waals surface area contributed by atoms with E-state index in [4.69, 9.17) is 0 Å². The van der Waals surface area contributed by atoms with Crippen molar-refractivity contribution in [2.24, 2.45) is 0 Å². The van der Waals surface area contributed by atoms with Crippen LogP contribution in [0.3, 0.4) is 0 Å². The minimum Gasteiger partial charge on any atom is -0.390 e. The Kier molecular flexibility index (Phi) is 15.9. The van der Waals surface area contributed by atoms with E-state index in [-0.39, 0.29) is 6.42 Å². The van der Waals surface area contributed by atoms with Crippen LogP contribution in [0.2, 0.25) is 0 Å². The molecule has 0 fully saturated rings. The third-order valence-corrected chi connectivity index (χ3v) is 6.60. The lowest BCUT2D eigenvalue weighted by Gasteiger charge is -2.26. The number of hydrogen-bond donors (Lipinski definition) is 5. The highest BCUT2D eigenvalue weighted by atomic mass is 16.3. The van der Waals surface area contributed by atoms with Crippen molar-refractivity contribution in [1.29, 1.82) is 0 Å². The minimum absolute atomic E-state index is 0.132. The van der Waals surface area contributed by atoms with Crippen molar-refractivity contribution in [3.8, 4) is 0 Å². The first kappa shape index (κ1) is 33.8. The van der Waals surface area contributed by atoms with E-state index >= 15 is 0 Å². The maximum atomic E-state index is 10.2. The maximum absolute atomic E-state index is 10.2. The fourth-order valence-electron chi connectivity index (χ4n) is 3.58. The molecule has 0 saturated heterocycles. The van der Waals surface area contributed by atoms with Crippen molar-refractivity contribution < 1.29 is 25.5 Å². The van der Waals surface area contributed by atoms with E-state index < -0.39 is 29.5 Å². The zero-order valence-corrected chi connectivity index (χ0v) is 23.6. The van der Waals surface area contributed by atoms with E-state index in [9.17, 15) is 25.5 Å². The lowest BCUT2D eigenvalue weighted by Crippen LogP contribution is -2.38. The first-order valence-electron chi connectivity index (χ1n) is 13.2. The van der Waals surface area contributed by atoms with Crippen LogP contribution in [0, 0.1) is 0 Å². The zero-order chi connectivity index (χ0) is 27.2. The van der Waals surface area contributed by atoms with E-state index in [2.05, 4.69) is 39.0 Å². The quantitative estimate of drug-likeness (QED) is 0.128. The molecule has 0 heterocycles. The highest BCUT2D eigenvalue weighted by molar-refractivity contribution is 5.09. The van der Waals surface area contributed by atoms with Gasteiger partial charge in [-0.25, -0.2) is 0 Å². The Morgan fingerprint density at radius 3 is 1.46 bits per heavy atom. The van der Waals surface area contributed by atoms with Gasteiger partial charge in [-0.2, -0.15) is 0 Å². The topological polar surface area (TPSA) is 101 Å².